The number of ether oxygens (including phenoxy) is 1. The van der Waals surface area contributed by atoms with Crippen molar-refractivity contribution < 1.29 is 9.53 Å². The zero-order chi connectivity index (χ0) is 16.9. The maximum absolute atomic E-state index is 12.6. The zero-order valence-corrected chi connectivity index (χ0v) is 14.5. The predicted molar refractivity (Wildman–Crippen MR) is 95.8 cm³/mol. The van der Waals surface area contributed by atoms with Crippen LogP contribution in [0, 0.1) is 4.64 Å². The quantitative estimate of drug-likeness (QED) is 0.867. The van der Waals surface area contributed by atoms with Crippen LogP contribution in [0.4, 0.5) is 0 Å². The molecule has 1 fully saturated rings. The van der Waals surface area contributed by atoms with Crippen LogP contribution in [0.15, 0.2) is 42.6 Å². The number of piperazine rings is 1. The van der Waals surface area contributed by atoms with Crippen molar-refractivity contribution in [2.75, 3.05) is 33.3 Å². The molecular weight excluding hydrogens is 322 g/mol. The Labute approximate surface area is 146 Å². The van der Waals surface area contributed by atoms with Gasteiger partial charge in [0.15, 0.2) is 0 Å². The number of carbonyl (C=O) groups excluding carboxylic acids is 1. The van der Waals surface area contributed by atoms with Gasteiger partial charge in [0.25, 0.3) is 5.91 Å². The third-order valence-electron chi connectivity index (χ3n) is 4.27. The standard InChI is InChI=1S/C18H21N3O2S/c1-23-15-6-4-14(5-7-15)13-20-9-11-21(12-10-20)18(22)16-3-2-8-19-17(16)24/h2-8H,9-13H2,1H3,(H,19,24). The number of aromatic amines is 1. The SMILES string of the molecule is COc1ccc(CN2CCN(C(=O)c3ccc[nH]c3=S)CC2)cc1. The predicted octanol–water partition coefficient (Wildman–Crippen LogP) is 2.71. The first-order chi connectivity index (χ1) is 11.7. The lowest BCUT2D eigenvalue weighted by Gasteiger charge is -2.34. The molecule has 1 aliphatic rings. The average molecular weight is 343 g/mol. The van der Waals surface area contributed by atoms with Crippen molar-refractivity contribution in [3.05, 3.63) is 58.4 Å². The van der Waals surface area contributed by atoms with E-state index in [1.807, 2.05) is 23.1 Å². The van der Waals surface area contributed by atoms with Crippen molar-refractivity contribution in [3.63, 3.8) is 0 Å². The van der Waals surface area contributed by atoms with Gasteiger partial charge >= 0.3 is 0 Å². The van der Waals surface area contributed by atoms with Crippen LogP contribution in [0.1, 0.15) is 15.9 Å². The van der Waals surface area contributed by atoms with Crippen molar-refractivity contribution >= 4 is 18.1 Å². The van der Waals surface area contributed by atoms with E-state index in [9.17, 15) is 4.79 Å². The van der Waals surface area contributed by atoms with Gasteiger partial charge in [-0.3, -0.25) is 9.69 Å². The summed E-state index contributed by atoms with van der Waals surface area (Å²) in [5, 5.41) is 0. The molecule has 0 aliphatic carbocycles. The Kier molecular flexibility index (Phi) is 5.27. The van der Waals surface area contributed by atoms with E-state index in [0.29, 0.717) is 10.2 Å². The molecule has 0 spiro atoms. The lowest BCUT2D eigenvalue weighted by Crippen LogP contribution is -2.48. The summed E-state index contributed by atoms with van der Waals surface area (Å²) in [5.74, 6) is 0.884. The largest absolute Gasteiger partial charge is 0.497 e. The number of benzene rings is 1. The Morgan fingerprint density at radius 1 is 1.17 bits per heavy atom. The number of rotatable bonds is 4. The number of nitrogens with one attached hydrogen (secondary N) is 1. The molecule has 0 unspecified atom stereocenters. The van der Waals surface area contributed by atoms with Gasteiger partial charge in [-0.2, -0.15) is 0 Å². The third-order valence-corrected chi connectivity index (χ3v) is 4.61. The van der Waals surface area contributed by atoms with Gasteiger partial charge in [0.2, 0.25) is 0 Å². The highest BCUT2D eigenvalue weighted by Crippen LogP contribution is 2.15. The van der Waals surface area contributed by atoms with Gasteiger partial charge in [-0.05, 0) is 29.8 Å². The van der Waals surface area contributed by atoms with Gasteiger partial charge in [0, 0.05) is 38.9 Å². The number of hydrogen-bond donors (Lipinski definition) is 1. The summed E-state index contributed by atoms with van der Waals surface area (Å²) in [6, 6.07) is 11.7. The highest BCUT2D eigenvalue weighted by atomic mass is 32.1. The number of nitrogens with zero attached hydrogens (tertiary/aromatic N) is 2. The molecule has 1 saturated heterocycles. The first kappa shape index (κ1) is 16.7. The molecule has 2 aromatic rings. The van der Waals surface area contributed by atoms with Crippen LogP contribution in [0.3, 0.4) is 0 Å². The molecule has 2 heterocycles. The van der Waals surface area contributed by atoms with Gasteiger partial charge in [-0.1, -0.05) is 24.4 Å². The van der Waals surface area contributed by atoms with E-state index in [1.54, 1.807) is 19.4 Å². The van der Waals surface area contributed by atoms with Gasteiger partial charge in [0.1, 0.15) is 10.4 Å². The molecule has 5 nitrogen and oxygen atoms in total. The van der Waals surface area contributed by atoms with Crippen LogP contribution < -0.4 is 4.74 Å². The molecule has 6 heteroatoms. The van der Waals surface area contributed by atoms with Crippen LogP contribution in [-0.2, 0) is 6.54 Å². The third kappa shape index (κ3) is 3.83. The summed E-state index contributed by atoms with van der Waals surface area (Å²) in [5.41, 5.74) is 1.83. The number of H-pyrrole nitrogens is 1. The highest BCUT2D eigenvalue weighted by Gasteiger charge is 2.22. The lowest BCUT2D eigenvalue weighted by atomic mass is 10.1. The van der Waals surface area contributed by atoms with Crippen molar-refractivity contribution in [1.29, 1.82) is 0 Å². The summed E-state index contributed by atoms with van der Waals surface area (Å²) < 4.78 is 5.69. The van der Waals surface area contributed by atoms with E-state index in [0.717, 1.165) is 38.5 Å². The minimum absolute atomic E-state index is 0.0148. The molecule has 0 atom stereocenters. The molecule has 126 valence electrons. The highest BCUT2D eigenvalue weighted by molar-refractivity contribution is 7.71. The van der Waals surface area contributed by atoms with Crippen LogP contribution in [0.2, 0.25) is 0 Å². The second kappa shape index (κ2) is 7.59. The topological polar surface area (TPSA) is 48.6 Å². The Morgan fingerprint density at radius 2 is 1.88 bits per heavy atom. The molecule has 1 aromatic carbocycles. The van der Waals surface area contributed by atoms with Crippen LogP contribution in [0.25, 0.3) is 0 Å². The van der Waals surface area contributed by atoms with Crippen molar-refractivity contribution in [3.8, 4) is 5.75 Å². The maximum atomic E-state index is 12.6. The zero-order valence-electron chi connectivity index (χ0n) is 13.7. The minimum atomic E-state index is 0.0148. The Bertz CT molecular complexity index is 749. The van der Waals surface area contributed by atoms with Gasteiger partial charge in [-0.15, -0.1) is 0 Å². The molecule has 1 amide bonds. The van der Waals surface area contributed by atoms with E-state index in [-0.39, 0.29) is 5.91 Å². The fourth-order valence-electron chi connectivity index (χ4n) is 2.86. The fraction of sp³-hybridized carbons (Fsp3) is 0.333. The minimum Gasteiger partial charge on any atom is -0.497 e. The summed E-state index contributed by atoms with van der Waals surface area (Å²) in [6.07, 6.45) is 1.74. The summed E-state index contributed by atoms with van der Waals surface area (Å²) in [6.45, 7) is 4.05. The van der Waals surface area contributed by atoms with Crippen LogP contribution in [0.5, 0.6) is 5.75 Å². The molecule has 3 rings (SSSR count). The van der Waals surface area contributed by atoms with Gasteiger partial charge < -0.3 is 14.6 Å². The van der Waals surface area contributed by atoms with E-state index in [2.05, 4.69) is 22.0 Å². The first-order valence-corrected chi connectivity index (χ1v) is 8.40. The summed E-state index contributed by atoms with van der Waals surface area (Å²) in [4.78, 5) is 19.7. The number of pyridine rings is 1. The first-order valence-electron chi connectivity index (χ1n) is 7.99. The molecular formula is C18H21N3O2S. The molecule has 0 bridgehead atoms. The van der Waals surface area contributed by atoms with Crippen molar-refractivity contribution in [1.82, 2.24) is 14.8 Å². The van der Waals surface area contributed by atoms with Crippen LogP contribution in [-0.4, -0.2) is 54.0 Å². The average Bonchev–Trinajstić information content (AvgIpc) is 2.63. The Hall–Kier alpha value is -2.18. The van der Waals surface area contributed by atoms with Crippen molar-refractivity contribution in [2.24, 2.45) is 0 Å². The lowest BCUT2D eigenvalue weighted by molar-refractivity contribution is 0.0627. The number of methoxy groups -OCH3 is 1. The van der Waals surface area contributed by atoms with Crippen LogP contribution >= 0.6 is 12.2 Å². The van der Waals surface area contributed by atoms with E-state index in [1.165, 1.54) is 5.56 Å². The molecule has 1 aromatic heterocycles. The molecule has 24 heavy (non-hydrogen) atoms. The van der Waals surface area contributed by atoms with Crippen molar-refractivity contribution in [2.45, 2.75) is 6.54 Å². The maximum Gasteiger partial charge on any atom is 0.256 e. The fourth-order valence-corrected chi connectivity index (χ4v) is 3.08. The number of hydrogen-bond acceptors (Lipinski definition) is 4. The monoisotopic (exact) mass is 343 g/mol. The van der Waals surface area contributed by atoms with E-state index < -0.39 is 0 Å². The van der Waals surface area contributed by atoms with E-state index >= 15 is 0 Å². The second-order valence-electron chi connectivity index (χ2n) is 5.83. The van der Waals surface area contributed by atoms with E-state index in [4.69, 9.17) is 17.0 Å². The molecule has 0 radical (unpaired) electrons. The van der Waals surface area contributed by atoms with Gasteiger partial charge in [-0.25, -0.2) is 0 Å². The Morgan fingerprint density at radius 3 is 2.50 bits per heavy atom. The second-order valence-corrected chi connectivity index (χ2v) is 6.24. The summed E-state index contributed by atoms with van der Waals surface area (Å²) >= 11 is 5.20. The molecule has 0 saturated carbocycles. The normalized spacial score (nSPS) is 15.3. The van der Waals surface area contributed by atoms with Gasteiger partial charge in [0.05, 0.1) is 12.7 Å². The Balaban J connectivity index is 1.56. The number of amides is 1. The molecule has 1 aliphatic heterocycles. The smallest absolute Gasteiger partial charge is 0.256 e. The number of aromatic nitrogens is 1. The number of carbonyl (C=O) groups is 1. The summed E-state index contributed by atoms with van der Waals surface area (Å²) in [7, 11) is 1.67. The molecule has 1 N–H and O–H groups in total.